The Morgan fingerprint density at radius 2 is 0.745 bits per heavy atom. The first-order valence-electron chi connectivity index (χ1n) is 39.6. The predicted octanol–water partition coefficient (Wildman–Crippen LogP) is 9.85. The topological polar surface area (TPSA) is 140 Å². The van der Waals surface area contributed by atoms with E-state index in [1.54, 1.807) is 0 Å². The average molecular weight is 1370 g/mol. The Labute approximate surface area is 594 Å². The fourth-order valence-electron chi connectivity index (χ4n) is 17.4. The van der Waals surface area contributed by atoms with E-state index >= 15 is 0 Å². The highest BCUT2D eigenvalue weighted by molar-refractivity contribution is 5.88. The molecule has 10 heterocycles. The molecule has 556 valence electrons. The molecule has 0 aromatic heterocycles. The lowest BCUT2D eigenvalue weighted by Gasteiger charge is -2.43. The van der Waals surface area contributed by atoms with Crippen LogP contribution in [0.5, 0.6) is 0 Å². The molecule has 5 atom stereocenters. The number of amides is 9. The first-order chi connectivity index (χ1) is 46.8. The molecule has 0 spiro atoms. The number of hydrogen-bond donors (Lipinski definition) is 0. The molecule has 2 aliphatic carbocycles. The first kappa shape index (κ1) is 77.7. The molecule has 10 saturated heterocycles. The summed E-state index contributed by atoms with van der Waals surface area (Å²) in [6, 6.07) is 14.4. The number of likely N-dealkylation sites (tertiary alicyclic amines) is 4. The van der Waals surface area contributed by atoms with Gasteiger partial charge in [0.05, 0.1) is 5.41 Å². The van der Waals surface area contributed by atoms with Crippen molar-refractivity contribution in [2.75, 3.05) is 196 Å². The third-order valence-corrected chi connectivity index (χ3v) is 25.4. The van der Waals surface area contributed by atoms with Crippen LogP contribution >= 0.6 is 0 Å². The van der Waals surface area contributed by atoms with Gasteiger partial charge >= 0.3 is 24.1 Å². The summed E-state index contributed by atoms with van der Waals surface area (Å²) in [7, 11) is 0. The second kappa shape index (κ2) is 35.6. The van der Waals surface area contributed by atoms with E-state index in [0.717, 1.165) is 231 Å². The molecule has 12 fully saturated rings. The second-order valence-electron chi connectivity index (χ2n) is 33.6. The number of carbonyl (C=O) groups excluding carboxylic acids is 5. The molecule has 0 N–H and O–H groups in total. The summed E-state index contributed by atoms with van der Waals surface area (Å²) in [6.07, 6.45) is 9.19. The van der Waals surface area contributed by atoms with Gasteiger partial charge in [-0.3, -0.25) is 29.3 Å². The van der Waals surface area contributed by atoms with Crippen molar-refractivity contribution in [3.63, 3.8) is 0 Å². The van der Waals surface area contributed by atoms with Crippen molar-refractivity contribution in [2.45, 2.75) is 191 Å². The number of piperazine rings is 5. The van der Waals surface area contributed by atoms with E-state index < -0.39 is 0 Å². The number of rotatable bonds is 10. The maximum Gasteiger partial charge on any atom is 0.320 e. The van der Waals surface area contributed by atoms with Crippen molar-refractivity contribution < 1.29 is 28.7 Å². The average Bonchev–Trinajstić information content (AvgIpc) is 1.54. The highest BCUT2D eigenvalue weighted by Crippen LogP contribution is 2.62. The SMILES string of the molecule is CC(C)C1CCN(C(=O)N2CCN(C(C)C)CC2)C1.CC(C)N1CCN(C(=O)C2(c3ccccc3)CCOCC2)CC1.CC(C)N1CCN(C(=O)N2CC3C(C2)C3(C)C)CC1.CC(C)N1CCN(C(=O)N2CCC(C3CC3)C2)CC1.CCC1CCN(C(=O)N2CCN(C(C)C)CC2)C1. The minimum Gasteiger partial charge on any atom is -0.381 e. The third kappa shape index (κ3) is 20.0. The fraction of sp³-hybridized carbons (Fsp3) is 0.859. The molecular formula is C78H138N14O6. The van der Waals surface area contributed by atoms with Crippen molar-refractivity contribution in [2.24, 2.45) is 46.8 Å². The summed E-state index contributed by atoms with van der Waals surface area (Å²) >= 11 is 0. The molecule has 10 aliphatic heterocycles. The Morgan fingerprint density at radius 1 is 0.388 bits per heavy atom. The van der Waals surface area contributed by atoms with Crippen LogP contribution in [0.2, 0.25) is 0 Å². The van der Waals surface area contributed by atoms with E-state index in [1.165, 1.54) is 38.5 Å². The standard InChI is InChI=1S/C19H28N2O2.2C15H27N3O.C15H29N3O.C14H27N3O/c1-16(2)20-10-12-21(13-11-20)18(22)19(8-14-23-15-9-19)17-6-4-3-5-7-17;1-11(2)16-5-7-17(8-6-16)14(19)18-9-12-13(10-18)15(12,3)4;1-12(2)16-7-9-17(10-8-16)15(19)18-6-5-14(11-18)13-3-4-13;1-12(2)14-5-6-18(11-14)15(19)17-9-7-16(8-10-17)13(3)4;1-4-13-5-6-17(11-13)14(18)16-9-7-15(8-10-16)12(2)3/h3-7,16H,8-15H2,1-2H3;11-13H,5-10H2,1-4H3;12-14H,3-11H2,1-2H3;12-14H,5-11H2,1-4H3;12-13H,4-11H2,1-3H3. The molecule has 0 bridgehead atoms. The zero-order valence-corrected chi connectivity index (χ0v) is 64.4. The maximum absolute atomic E-state index is 13.4. The van der Waals surface area contributed by atoms with Crippen molar-refractivity contribution >= 4 is 30.0 Å². The molecule has 12 aliphatic rings. The zero-order chi connectivity index (χ0) is 70.6. The Hall–Kier alpha value is -4.47. The maximum atomic E-state index is 13.4. The minimum atomic E-state index is -0.389. The first-order valence-corrected chi connectivity index (χ1v) is 39.6. The highest BCUT2D eigenvalue weighted by Gasteiger charge is 2.63. The summed E-state index contributed by atoms with van der Waals surface area (Å²) in [6.45, 7) is 61.9. The molecule has 98 heavy (non-hydrogen) atoms. The molecule has 20 nitrogen and oxygen atoms in total. The van der Waals surface area contributed by atoms with Crippen molar-refractivity contribution in [1.82, 2.24) is 68.6 Å². The van der Waals surface area contributed by atoms with Crippen LogP contribution in [-0.2, 0) is 14.9 Å². The number of benzene rings is 1. The lowest BCUT2D eigenvalue weighted by Crippen LogP contribution is -2.56. The zero-order valence-electron chi connectivity index (χ0n) is 64.4. The van der Waals surface area contributed by atoms with Gasteiger partial charge in [0.15, 0.2) is 0 Å². The number of urea groups is 4. The van der Waals surface area contributed by atoms with Gasteiger partial charge < -0.3 is 48.8 Å². The van der Waals surface area contributed by atoms with E-state index in [4.69, 9.17) is 4.74 Å². The van der Waals surface area contributed by atoms with Gasteiger partial charge in [-0.2, -0.15) is 0 Å². The molecular weight excluding hydrogens is 1230 g/mol. The van der Waals surface area contributed by atoms with Gasteiger partial charge in [0, 0.05) is 227 Å². The Bertz CT molecular complexity index is 2500. The summed E-state index contributed by atoms with van der Waals surface area (Å²) in [4.78, 5) is 94.1. The van der Waals surface area contributed by atoms with E-state index in [0.29, 0.717) is 72.6 Å². The molecule has 9 amide bonds. The normalized spacial score (nSPS) is 27.2. The predicted molar refractivity (Wildman–Crippen MR) is 395 cm³/mol. The number of hydrogen-bond acceptors (Lipinski definition) is 11. The number of ether oxygens (including phenoxy) is 1. The molecule has 0 radical (unpaired) electrons. The number of piperidine rings is 1. The number of fused-ring (bicyclic) bond motifs is 1. The summed E-state index contributed by atoms with van der Waals surface area (Å²) in [5.74, 6) is 5.68. The fourth-order valence-corrected chi connectivity index (χ4v) is 17.4. The summed E-state index contributed by atoms with van der Waals surface area (Å²) in [5, 5.41) is 0. The molecule has 20 heteroatoms. The largest absolute Gasteiger partial charge is 0.381 e. The lowest BCUT2D eigenvalue weighted by atomic mass is 9.73. The van der Waals surface area contributed by atoms with Crippen LogP contribution in [0.3, 0.4) is 0 Å². The summed E-state index contributed by atoms with van der Waals surface area (Å²) in [5.41, 5.74) is 1.26. The van der Waals surface area contributed by atoms with Gasteiger partial charge in [-0.15, -0.1) is 0 Å². The quantitative estimate of drug-likeness (QED) is 0.221. The van der Waals surface area contributed by atoms with Crippen molar-refractivity contribution in [3.8, 4) is 0 Å². The van der Waals surface area contributed by atoms with Crippen molar-refractivity contribution in [3.05, 3.63) is 35.9 Å². The Morgan fingerprint density at radius 3 is 1.10 bits per heavy atom. The lowest BCUT2D eigenvalue weighted by molar-refractivity contribution is -0.143. The van der Waals surface area contributed by atoms with Crippen molar-refractivity contribution in [1.29, 1.82) is 0 Å². The highest BCUT2D eigenvalue weighted by atomic mass is 16.5. The molecule has 1 aromatic rings. The van der Waals surface area contributed by atoms with E-state index in [1.807, 2.05) is 28.0 Å². The van der Waals surface area contributed by atoms with Crippen LogP contribution in [0.25, 0.3) is 0 Å². The smallest absolute Gasteiger partial charge is 0.320 e. The number of nitrogens with zero attached hydrogens (tertiary/aromatic N) is 14. The van der Waals surface area contributed by atoms with Crippen LogP contribution < -0.4 is 0 Å². The Kier molecular flexibility index (Phi) is 28.2. The summed E-state index contributed by atoms with van der Waals surface area (Å²) < 4.78 is 5.55. The molecule has 1 aromatic carbocycles. The molecule has 13 rings (SSSR count). The molecule has 2 saturated carbocycles. The third-order valence-electron chi connectivity index (χ3n) is 25.4. The monoisotopic (exact) mass is 1370 g/mol. The van der Waals surface area contributed by atoms with E-state index in [2.05, 4.69) is 175 Å². The van der Waals surface area contributed by atoms with Gasteiger partial charge in [0.1, 0.15) is 0 Å². The minimum absolute atomic E-state index is 0.270. The number of carbonyl (C=O) groups is 5. The van der Waals surface area contributed by atoms with Gasteiger partial charge in [0.25, 0.3) is 0 Å². The van der Waals surface area contributed by atoms with Gasteiger partial charge in [-0.1, -0.05) is 71.4 Å². The van der Waals surface area contributed by atoms with E-state index in [-0.39, 0.29) is 23.5 Å². The van der Waals surface area contributed by atoms with Gasteiger partial charge in [-0.05, 0) is 167 Å². The second-order valence-corrected chi connectivity index (χ2v) is 33.6. The Balaban J connectivity index is 0.000000144. The molecule has 5 unspecified atom stereocenters. The van der Waals surface area contributed by atoms with E-state index in [9.17, 15) is 24.0 Å². The van der Waals surface area contributed by atoms with Crippen LogP contribution in [0.15, 0.2) is 30.3 Å². The van der Waals surface area contributed by atoms with Gasteiger partial charge in [0.2, 0.25) is 5.91 Å². The van der Waals surface area contributed by atoms with Gasteiger partial charge in [-0.25, -0.2) is 19.2 Å². The van der Waals surface area contributed by atoms with Crippen LogP contribution in [0.1, 0.15) is 161 Å². The van der Waals surface area contributed by atoms with Crippen LogP contribution in [0, 0.1) is 46.8 Å². The van der Waals surface area contributed by atoms with Crippen LogP contribution in [0.4, 0.5) is 19.2 Å². The van der Waals surface area contributed by atoms with Crippen LogP contribution in [-0.4, -0.2) is 325 Å².